The van der Waals surface area contributed by atoms with Crippen molar-refractivity contribution in [3.8, 4) is 5.75 Å². The lowest BCUT2D eigenvalue weighted by Gasteiger charge is -2.25. The highest BCUT2D eigenvalue weighted by molar-refractivity contribution is 5.92. The maximum absolute atomic E-state index is 14.0. The zero-order valence-electron chi connectivity index (χ0n) is 15.7. The highest BCUT2D eigenvalue weighted by atomic mass is 19.1. The summed E-state index contributed by atoms with van der Waals surface area (Å²) < 4.78 is 21.0. The van der Waals surface area contributed by atoms with Crippen LogP contribution in [0.3, 0.4) is 0 Å². The van der Waals surface area contributed by atoms with Crippen LogP contribution in [0.1, 0.15) is 67.7 Å². The first kappa shape index (κ1) is 19.3. The van der Waals surface area contributed by atoms with E-state index in [9.17, 15) is 9.18 Å². The van der Waals surface area contributed by atoms with Gasteiger partial charge in [-0.2, -0.15) is 0 Å². The Balaban J connectivity index is 1.62. The minimum absolute atomic E-state index is 0.204. The quantitative estimate of drug-likeness (QED) is 0.809. The molecular weight excluding hydrogens is 349 g/mol. The fraction of sp³-hybridized carbons (Fsp3) is 0.526. The largest absolute Gasteiger partial charge is 0.491 e. The van der Waals surface area contributed by atoms with Crippen LogP contribution in [0.25, 0.3) is 0 Å². The molecule has 0 saturated heterocycles. The standard InChI is InChI=1S/C19H26FN5O2/c1-3-27-18-9-4-13(10-16(18)20)12(2)22-19(26)17-11-25(24-23-17)15-7-5-14(21)6-8-15/h4,9-12,14-15H,3,5-8,21H2,1-2H3,(H,22,26). The third-order valence-electron chi connectivity index (χ3n) is 4.96. The molecule has 1 aromatic carbocycles. The lowest BCUT2D eigenvalue weighted by atomic mass is 9.92. The van der Waals surface area contributed by atoms with Gasteiger partial charge in [-0.05, 0) is 57.2 Å². The summed E-state index contributed by atoms with van der Waals surface area (Å²) in [6, 6.07) is 4.79. The second-order valence-electron chi connectivity index (χ2n) is 6.97. The molecular formula is C19H26FN5O2. The number of rotatable bonds is 6. The molecule has 0 radical (unpaired) electrons. The average Bonchev–Trinajstić information content (AvgIpc) is 3.14. The number of benzene rings is 1. The van der Waals surface area contributed by atoms with Gasteiger partial charge in [-0.3, -0.25) is 4.79 Å². The van der Waals surface area contributed by atoms with Crippen molar-refractivity contribution in [1.82, 2.24) is 20.3 Å². The molecule has 146 valence electrons. The normalized spacial score (nSPS) is 20.9. The van der Waals surface area contributed by atoms with Crippen LogP contribution in [0.2, 0.25) is 0 Å². The molecule has 8 heteroatoms. The van der Waals surface area contributed by atoms with Crippen LogP contribution < -0.4 is 15.8 Å². The van der Waals surface area contributed by atoms with E-state index in [2.05, 4.69) is 15.6 Å². The van der Waals surface area contributed by atoms with Gasteiger partial charge in [0.05, 0.1) is 24.9 Å². The maximum Gasteiger partial charge on any atom is 0.273 e. The molecule has 1 aromatic heterocycles. The summed E-state index contributed by atoms with van der Waals surface area (Å²) in [6.07, 6.45) is 5.45. The average molecular weight is 375 g/mol. The summed E-state index contributed by atoms with van der Waals surface area (Å²) in [5, 5.41) is 10.9. The van der Waals surface area contributed by atoms with Crippen molar-refractivity contribution in [2.24, 2.45) is 5.73 Å². The summed E-state index contributed by atoms with van der Waals surface area (Å²) in [5.41, 5.74) is 6.84. The van der Waals surface area contributed by atoms with Crippen molar-refractivity contribution >= 4 is 5.91 Å². The van der Waals surface area contributed by atoms with E-state index in [1.807, 2.05) is 0 Å². The molecule has 1 fully saturated rings. The summed E-state index contributed by atoms with van der Waals surface area (Å²) in [4.78, 5) is 12.5. The molecule has 3 N–H and O–H groups in total. The second kappa shape index (κ2) is 8.47. The van der Waals surface area contributed by atoms with E-state index < -0.39 is 5.82 Å². The summed E-state index contributed by atoms with van der Waals surface area (Å²) >= 11 is 0. The van der Waals surface area contributed by atoms with Gasteiger partial charge in [0.25, 0.3) is 5.91 Å². The Labute approximate surface area is 158 Å². The van der Waals surface area contributed by atoms with Gasteiger partial charge >= 0.3 is 0 Å². The number of carbonyl (C=O) groups excluding carboxylic acids is 1. The van der Waals surface area contributed by atoms with Gasteiger partial charge in [0, 0.05) is 6.04 Å². The predicted molar refractivity (Wildman–Crippen MR) is 99.0 cm³/mol. The van der Waals surface area contributed by atoms with Crippen LogP contribution in [-0.4, -0.2) is 33.5 Å². The molecule has 3 rings (SSSR count). The van der Waals surface area contributed by atoms with Crippen LogP contribution in [-0.2, 0) is 0 Å². The molecule has 1 aliphatic carbocycles. The molecule has 1 atom stereocenters. The number of hydrogen-bond donors (Lipinski definition) is 2. The van der Waals surface area contributed by atoms with Crippen LogP contribution in [0.15, 0.2) is 24.4 Å². The number of carbonyl (C=O) groups is 1. The number of amides is 1. The Bertz CT molecular complexity index is 786. The van der Waals surface area contributed by atoms with Crippen LogP contribution >= 0.6 is 0 Å². The molecule has 1 saturated carbocycles. The minimum atomic E-state index is -0.447. The SMILES string of the molecule is CCOc1ccc(C(C)NC(=O)c2cn(C3CCC(N)CC3)nn2)cc1F. The van der Waals surface area contributed by atoms with E-state index >= 15 is 0 Å². The minimum Gasteiger partial charge on any atom is -0.491 e. The fourth-order valence-corrected chi connectivity index (χ4v) is 3.34. The lowest BCUT2D eigenvalue weighted by molar-refractivity contribution is 0.0934. The Morgan fingerprint density at radius 2 is 2.15 bits per heavy atom. The van der Waals surface area contributed by atoms with Gasteiger partial charge in [0.2, 0.25) is 0 Å². The fourth-order valence-electron chi connectivity index (χ4n) is 3.34. The van der Waals surface area contributed by atoms with E-state index in [4.69, 9.17) is 10.5 Å². The first-order valence-electron chi connectivity index (χ1n) is 9.38. The van der Waals surface area contributed by atoms with Crippen LogP contribution in [0.4, 0.5) is 4.39 Å². The topological polar surface area (TPSA) is 95.1 Å². The maximum atomic E-state index is 14.0. The number of nitrogens with two attached hydrogens (primary N) is 1. The number of nitrogens with zero attached hydrogens (tertiary/aromatic N) is 3. The molecule has 0 spiro atoms. The van der Waals surface area contributed by atoms with Gasteiger partial charge in [0.15, 0.2) is 17.3 Å². The predicted octanol–water partition coefficient (Wildman–Crippen LogP) is 2.75. The van der Waals surface area contributed by atoms with E-state index in [0.717, 1.165) is 25.7 Å². The smallest absolute Gasteiger partial charge is 0.273 e. The van der Waals surface area contributed by atoms with E-state index in [-0.39, 0.29) is 35.5 Å². The van der Waals surface area contributed by atoms with Gasteiger partial charge in [-0.15, -0.1) is 5.10 Å². The third-order valence-corrected chi connectivity index (χ3v) is 4.96. The number of halogens is 1. The van der Waals surface area contributed by atoms with Crippen molar-refractivity contribution in [3.05, 3.63) is 41.5 Å². The molecule has 1 heterocycles. The molecule has 7 nitrogen and oxygen atoms in total. The number of hydrogen-bond acceptors (Lipinski definition) is 5. The van der Waals surface area contributed by atoms with E-state index in [1.165, 1.54) is 6.07 Å². The van der Waals surface area contributed by atoms with Gasteiger partial charge < -0.3 is 15.8 Å². The van der Waals surface area contributed by atoms with Crippen molar-refractivity contribution in [1.29, 1.82) is 0 Å². The van der Waals surface area contributed by atoms with Crippen molar-refractivity contribution in [2.45, 2.75) is 57.7 Å². The monoisotopic (exact) mass is 375 g/mol. The van der Waals surface area contributed by atoms with Gasteiger partial charge in [0.1, 0.15) is 0 Å². The second-order valence-corrected chi connectivity index (χ2v) is 6.97. The molecule has 0 aliphatic heterocycles. The summed E-state index contributed by atoms with van der Waals surface area (Å²) in [5.74, 6) is -0.581. The Hall–Kier alpha value is -2.48. The first-order valence-corrected chi connectivity index (χ1v) is 9.38. The first-order chi connectivity index (χ1) is 13.0. The zero-order valence-corrected chi connectivity index (χ0v) is 15.7. The Kier molecular flexibility index (Phi) is 6.05. The van der Waals surface area contributed by atoms with E-state index in [1.54, 1.807) is 36.9 Å². The number of aromatic nitrogens is 3. The van der Waals surface area contributed by atoms with Gasteiger partial charge in [-0.1, -0.05) is 11.3 Å². The Morgan fingerprint density at radius 1 is 1.41 bits per heavy atom. The van der Waals surface area contributed by atoms with Crippen molar-refractivity contribution in [2.75, 3.05) is 6.61 Å². The molecule has 0 bridgehead atoms. The lowest BCUT2D eigenvalue weighted by Crippen LogP contribution is -2.28. The van der Waals surface area contributed by atoms with Crippen LogP contribution in [0, 0.1) is 5.82 Å². The van der Waals surface area contributed by atoms with Crippen LogP contribution in [0.5, 0.6) is 5.75 Å². The van der Waals surface area contributed by atoms with Crippen molar-refractivity contribution in [3.63, 3.8) is 0 Å². The van der Waals surface area contributed by atoms with Crippen molar-refractivity contribution < 1.29 is 13.9 Å². The van der Waals surface area contributed by atoms with E-state index in [0.29, 0.717) is 12.2 Å². The number of ether oxygens (including phenoxy) is 1. The molecule has 2 aromatic rings. The molecule has 1 amide bonds. The molecule has 1 aliphatic rings. The third kappa shape index (κ3) is 4.63. The molecule has 1 unspecified atom stereocenters. The summed E-state index contributed by atoms with van der Waals surface area (Å²) in [6.45, 7) is 3.98. The Morgan fingerprint density at radius 3 is 2.81 bits per heavy atom. The number of nitrogens with one attached hydrogen (secondary N) is 1. The zero-order chi connectivity index (χ0) is 19.4. The van der Waals surface area contributed by atoms with Gasteiger partial charge in [-0.25, -0.2) is 9.07 Å². The highest BCUT2D eigenvalue weighted by Crippen LogP contribution is 2.27. The molecule has 27 heavy (non-hydrogen) atoms. The summed E-state index contributed by atoms with van der Waals surface area (Å²) in [7, 11) is 0. The highest BCUT2D eigenvalue weighted by Gasteiger charge is 2.23.